The van der Waals surface area contributed by atoms with Crippen LogP contribution in [0.5, 0.6) is 17.2 Å². The second-order valence-corrected chi connectivity index (χ2v) is 8.99. The van der Waals surface area contributed by atoms with Crippen LogP contribution in [0.2, 0.25) is 5.02 Å². The van der Waals surface area contributed by atoms with Crippen LogP contribution in [-0.2, 0) is 4.79 Å². The normalized spacial score (nSPS) is 14.8. The molecule has 0 aliphatic carbocycles. The summed E-state index contributed by atoms with van der Waals surface area (Å²) >= 11 is 7.61. The van der Waals surface area contributed by atoms with Crippen LogP contribution in [0.3, 0.4) is 0 Å². The zero-order chi connectivity index (χ0) is 23.3. The van der Waals surface area contributed by atoms with Gasteiger partial charge in [-0.25, -0.2) is 0 Å². The monoisotopic (exact) mass is 474 g/mol. The van der Waals surface area contributed by atoms with Gasteiger partial charge in [-0.3, -0.25) is 4.79 Å². The summed E-state index contributed by atoms with van der Waals surface area (Å²) in [6.45, 7) is 9.28. The van der Waals surface area contributed by atoms with Crippen molar-refractivity contribution in [2.75, 3.05) is 19.8 Å². The highest BCUT2D eigenvalue weighted by molar-refractivity contribution is 8.18. The molecule has 0 radical (unpaired) electrons. The van der Waals surface area contributed by atoms with Crippen LogP contribution in [0.25, 0.3) is 6.08 Å². The Balaban J connectivity index is 1.71. The molecule has 2 N–H and O–H groups in total. The minimum atomic E-state index is -0.365. The summed E-state index contributed by atoms with van der Waals surface area (Å²) in [6, 6.07) is 9.71. The van der Waals surface area contributed by atoms with Crippen molar-refractivity contribution in [2.24, 2.45) is 10.7 Å². The van der Waals surface area contributed by atoms with Crippen molar-refractivity contribution in [2.45, 2.75) is 33.6 Å². The molecule has 0 saturated carbocycles. The highest BCUT2D eigenvalue weighted by Gasteiger charge is 2.20. The summed E-state index contributed by atoms with van der Waals surface area (Å²) in [6.07, 6.45) is 1.68. The molecule has 0 spiro atoms. The lowest BCUT2D eigenvalue weighted by Crippen LogP contribution is -2.11. The molecule has 3 rings (SSSR count). The molecule has 1 aliphatic heterocycles. The molecule has 32 heavy (non-hydrogen) atoms. The average molecular weight is 475 g/mol. The molecule has 0 fully saturated rings. The van der Waals surface area contributed by atoms with Crippen molar-refractivity contribution in [1.82, 2.24) is 0 Å². The van der Waals surface area contributed by atoms with Crippen molar-refractivity contribution in [3.05, 3.63) is 56.9 Å². The summed E-state index contributed by atoms with van der Waals surface area (Å²) < 4.78 is 17.6. The first-order chi connectivity index (χ1) is 15.3. The number of nitrogens with zero attached hydrogens (tertiary/aromatic N) is 1. The van der Waals surface area contributed by atoms with Crippen LogP contribution in [0.1, 0.15) is 43.4 Å². The standard InChI is InChI=1S/C24H27ClN2O4S/c1-5-29-20-12-16(13-21-23(28)27-24(26)32-21)11-18(25)22(20)31-9-8-30-19-10-15(4)6-7-17(19)14(2)3/h6-7,10-14H,5,8-9H2,1-4H3,(H2,26,27,28)/b21-13+. The summed E-state index contributed by atoms with van der Waals surface area (Å²) in [7, 11) is 0. The van der Waals surface area contributed by atoms with Crippen LogP contribution >= 0.6 is 23.4 Å². The number of thioether (sulfide) groups is 1. The summed E-state index contributed by atoms with van der Waals surface area (Å²) in [5.74, 6) is 1.79. The van der Waals surface area contributed by atoms with Crippen LogP contribution in [0, 0.1) is 6.92 Å². The average Bonchev–Trinajstić information content (AvgIpc) is 3.03. The highest BCUT2D eigenvalue weighted by Crippen LogP contribution is 2.38. The summed E-state index contributed by atoms with van der Waals surface area (Å²) in [4.78, 5) is 16.0. The van der Waals surface area contributed by atoms with Crippen molar-refractivity contribution in [1.29, 1.82) is 0 Å². The number of amidine groups is 1. The lowest BCUT2D eigenvalue weighted by molar-refractivity contribution is -0.113. The molecule has 0 unspecified atom stereocenters. The van der Waals surface area contributed by atoms with Crippen molar-refractivity contribution >= 4 is 40.5 Å². The van der Waals surface area contributed by atoms with Gasteiger partial charge in [-0.15, -0.1) is 0 Å². The van der Waals surface area contributed by atoms with Gasteiger partial charge in [0.05, 0.1) is 16.5 Å². The topological polar surface area (TPSA) is 83.1 Å². The number of aliphatic imine (C=N–C) groups is 1. The molecule has 0 aromatic heterocycles. The van der Waals surface area contributed by atoms with Gasteiger partial charge < -0.3 is 19.9 Å². The predicted octanol–water partition coefficient (Wildman–Crippen LogP) is 5.56. The van der Waals surface area contributed by atoms with Crippen molar-refractivity contribution in [3.8, 4) is 17.2 Å². The van der Waals surface area contributed by atoms with Gasteiger partial charge >= 0.3 is 0 Å². The third-order valence-electron chi connectivity index (χ3n) is 4.64. The Bertz CT molecular complexity index is 1070. The van der Waals surface area contributed by atoms with Gasteiger partial charge in [0.25, 0.3) is 5.91 Å². The number of rotatable bonds is 9. The van der Waals surface area contributed by atoms with Crippen molar-refractivity contribution in [3.63, 3.8) is 0 Å². The third kappa shape index (κ3) is 5.99. The minimum Gasteiger partial charge on any atom is -0.490 e. The zero-order valence-electron chi connectivity index (χ0n) is 18.6. The van der Waals surface area contributed by atoms with E-state index in [-0.39, 0.29) is 11.1 Å². The first kappa shape index (κ1) is 24.0. The molecule has 2 aromatic rings. The molecule has 1 amide bonds. The molecular formula is C24H27ClN2O4S. The predicted molar refractivity (Wildman–Crippen MR) is 131 cm³/mol. The van der Waals surface area contributed by atoms with E-state index in [1.807, 2.05) is 19.9 Å². The SMILES string of the molecule is CCOc1cc(/C=C2/SC(N)=NC2=O)cc(Cl)c1OCCOc1cc(C)ccc1C(C)C. The van der Waals surface area contributed by atoms with E-state index in [0.29, 0.717) is 52.7 Å². The Morgan fingerprint density at radius 2 is 1.88 bits per heavy atom. The molecule has 0 atom stereocenters. The molecule has 170 valence electrons. The molecule has 0 bridgehead atoms. The Labute approximate surface area is 197 Å². The van der Waals surface area contributed by atoms with E-state index in [0.717, 1.165) is 28.6 Å². The number of amides is 1. The minimum absolute atomic E-state index is 0.228. The smallest absolute Gasteiger partial charge is 0.286 e. The van der Waals surface area contributed by atoms with E-state index in [9.17, 15) is 4.79 Å². The quantitative estimate of drug-likeness (QED) is 0.378. The molecule has 6 nitrogen and oxygen atoms in total. The van der Waals surface area contributed by atoms with Gasteiger partial charge in [0.2, 0.25) is 0 Å². The molecule has 2 aromatic carbocycles. The van der Waals surface area contributed by atoms with E-state index in [4.69, 9.17) is 31.5 Å². The summed E-state index contributed by atoms with van der Waals surface area (Å²) in [5.41, 5.74) is 8.61. The van der Waals surface area contributed by atoms with E-state index < -0.39 is 0 Å². The Morgan fingerprint density at radius 3 is 2.53 bits per heavy atom. The fourth-order valence-corrected chi connectivity index (χ4v) is 4.15. The Kier molecular flexibility index (Phi) is 8.10. The zero-order valence-corrected chi connectivity index (χ0v) is 20.2. The maximum absolute atomic E-state index is 11.9. The Hall–Kier alpha value is -2.64. The fourth-order valence-electron chi connectivity index (χ4n) is 3.19. The molecule has 1 aliphatic rings. The van der Waals surface area contributed by atoms with E-state index in [2.05, 4.69) is 31.0 Å². The number of halogens is 1. The first-order valence-electron chi connectivity index (χ1n) is 10.4. The van der Waals surface area contributed by atoms with E-state index in [1.54, 1.807) is 18.2 Å². The van der Waals surface area contributed by atoms with Crippen molar-refractivity contribution < 1.29 is 19.0 Å². The Morgan fingerprint density at radius 1 is 1.12 bits per heavy atom. The molecule has 8 heteroatoms. The number of nitrogens with two attached hydrogens (primary N) is 1. The fraction of sp³-hybridized carbons (Fsp3) is 0.333. The van der Waals surface area contributed by atoms with E-state index in [1.165, 1.54) is 0 Å². The first-order valence-corrected chi connectivity index (χ1v) is 11.6. The number of hydrogen-bond acceptors (Lipinski definition) is 6. The molecule has 1 heterocycles. The number of aryl methyl sites for hydroxylation is 1. The van der Waals surface area contributed by atoms with Gasteiger partial charge in [0.15, 0.2) is 16.7 Å². The maximum Gasteiger partial charge on any atom is 0.286 e. The second-order valence-electron chi connectivity index (χ2n) is 7.52. The van der Waals surface area contributed by atoms with Gasteiger partial charge in [-0.2, -0.15) is 4.99 Å². The second kappa shape index (κ2) is 10.8. The third-order valence-corrected chi connectivity index (χ3v) is 5.74. The number of ether oxygens (including phenoxy) is 3. The number of carbonyl (C=O) groups excluding carboxylic acids is 1. The lowest BCUT2D eigenvalue weighted by Gasteiger charge is -2.17. The maximum atomic E-state index is 11.9. The molecule has 0 saturated heterocycles. The molecular weight excluding hydrogens is 448 g/mol. The number of carbonyl (C=O) groups is 1. The largest absolute Gasteiger partial charge is 0.490 e. The van der Waals surface area contributed by atoms with Gasteiger partial charge in [-0.05, 0) is 72.5 Å². The van der Waals surface area contributed by atoms with Crippen LogP contribution in [0.15, 0.2) is 40.2 Å². The summed E-state index contributed by atoms with van der Waals surface area (Å²) in [5, 5.41) is 0.608. The van der Waals surface area contributed by atoms with E-state index >= 15 is 0 Å². The van der Waals surface area contributed by atoms with Crippen LogP contribution < -0.4 is 19.9 Å². The lowest BCUT2D eigenvalue weighted by atomic mass is 10.0. The highest BCUT2D eigenvalue weighted by atomic mass is 35.5. The number of hydrogen-bond donors (Lipinski definition) is 1. The van der Waals surface area contributed by atoms with Crippen LogP contribution in [-0.4, -0.2) is 30.9 Å². The number of benzene rings is 2. The van der Waals surface area contributed by atoms with Gasteiger partial charge in [0.1, 0.15) is 19.0 Å². The van der Waals surface area contributed by atoms with Gasteiger partial charge in [-0.1, -0.05) is 37.6 Å². The van der Waals surface area contributed by atoms with Gasteiger partial charge in [0, 0.05) is 0 Å². The van der Waals surface area contributed by atoms with Crippen LogP contribution in [0.4, 0.5) is 0 Å².